The van der Waals surface area contributed by atoms with Gasteiger partial charge in [-0.15, -0.1) is 11.8 Å². The minimum Gasteiger partial charge on any atom is -0.504 e. The molecule has 2 N–H and O–H groups in total. The Kier molecular flexibility index (Phi) is 16.3. The predicted octanol–water partition coefficient (Wildman–Crippen LogP) is 5.36. The maximum atomic E-state index is 11.9. The molecule has 0 saturated carbocycles. The molecule has 0 aliphatic heterocycles. The van der Waals surface area contributed by atoms with E-state index in [1.54, 1.807) is 13.4 Å². The monoisotopic (exact) mass is 434 g/mol. The van der Waals surface area contributed by atoms with E-state index in [2.05, 4.69) is 45.6 Å². The summed E-state index contributed by atoms with van der Waals surface area (Å²) in [6.45, 7) is 9.38. The van der Waals surface area contributed by atoms with Gasteiger partial charge in [-0.05, 0) is 61.3 Å². The zero-order valence-electron chi connectivity index (χ0n) is 19.1. The van der Waals surface area contributed by atoms with Gasteiger partial charge in [0.15, 0.2) is 0 Å². The molecule has 0 heterocycles. The number of primary amides is 1. The Labute approximate surface area is 186 Å². The van der Waals surface area contributed by atoms with Gasteiger partial charge in [-0.2, -0.15) is 0 Å². The summed E-state index contributed by atoms with van der Waals surface area (Å²) >= 11 is 1.82. The third-order valence-corrected chi connectivity index (χ3v) is 5.95. The van der Waals surface area contributed by atoms with Gasteiger partial charge < -0.3 is 15.4 Å². The summed E-state index contributed by atoms with van der Waals surface area (Å²) in [5.41, 5.74) is 9.10. The van der Waals surface area contributed by atoms with Crippen molar-refractivity contribution in [2.75, 3.05) is 12.9 Å². The standard InChI is InChI=1S/C23H35NO2S.CH3NO/c1-6-8-9-11-19(3)20(4)23(27-7-2)24(18-25)17-22-13-10-12-21(16-22)14-15-26-5;2-1-3/h10,12-16,18,23H,6-9,11,17H2,1-5H3;1H,(H2,2,3)/b15-14-,20-19+;. The number of hydrogen-bond acceptors (Lipinski definition) is 4. The van der Waals surface area contributed by atoms with Crippen LogP contribution < -0.4 is 5.73 Å². The largest absolute Gasteiger partial charge is 0.504 e. The first-order valence-corrected chi connectivity index (χ1v) is 11.5. The summed E-state index contributed by atoms with van der Waals surface area (Å²) in [4.78, 5) is 22.4. The van der Waals surface area contributed by atoms with E-state index in [0.717, 1.165) is 29.7 Å². The lowest BCUT2D eigenvalue weighted by Crippen LogP contribution is -2.33. The van der Waals surface area contributed by atoms with Crippen molar-refractivity contribution in [1.82, 2.24) is 4.90 Å². The molecule has 168 valence electrons. The third-order valence-electron chi connectivity index (χ3n) is 4.67. The van der Waals surface area contributed by atoms with Gasteiger partial charge in [0, 0.05) is 6.54 Å². The second-order valence-corrected chi connectivity index (χ2v) is 8.28. The van der Waals surface area contributed by atoms with E-state index in [-0.39, 0.29) is 11.8 Å². The molecular weight excluding hydrogens is 396 g/mol. The fraction of sp³-hybridized carbons (Fsp3) is 0.500. The molecular formula is C24H38N2O3S. The molecule has 5 nitrogen and oxygen atoms in total. The number of hydrogen-bond donors (Lipinski definition) is 1. The van der Waals surface area contributed by atoms with Crippen molar-refractivity contribution in [1.29, 1.82) is 0 Å². The Balaban J connectivity index is 0.00000263. The van der Waals surface area contributed by atoms with Crippen LogP contribution in [0.5, 0.6) is 0 Å². The molecule has 0 bridgehead atoms. The first-order chi connectivity index (χ1) is 14.5. The van der Waals surface area contributed by atoms with Gasteiger partial charge >= 0.3 is 0 Å². The highest BCUT2D eigenvalue weighted by molar-refractivity contribution is 8.00. The number of carbonyl (C=O) groups is 2. The molecule has 1 unspecified atom stereocenters. The van der Waals surface area contributed by atoms with E-state index in [1.807, 2.05) is 34.9 Å². The lowest BCUT2D eigenvalue weighted by molar-refractivity contribution is -0.118. The first-order valence-electron chi connectivity index (χ1n) is 10.4. The van der Waals surface area contributed by atoms with Crippen LogP contribution in [0.4, 0.5) is 0 Å². The van der Waals surface area contributed by atoms with Gasteiger partial charge in [0.05, 0.1) is 18.7 Å². The molecule has 0 spiro atoms. The number of ether oxygens (including phenoxy) is 1. The molecule has 1 rings (SSSR count). The van der Waals surface area contributed by atoms with Crippen molar-refractivity contribution < 1.29 is 14.3 Å². The quantitative estimate of drug-likeness (QED) is 0.149. The normalized spacial score (nSPS) is 12.4. The molecule has 6 heteroatoms. The summed E-state index contributed by atoms with van der Waals surface area (Å²) in [6.07, 6.45) is 9.66. The number of unbranched alkanes of at least 4 members (excludes halogenated alkanes) is 2. The summed E-state index contributed by atoms with van der Waals surface area (Å²) < 4.78 is 5.00. The van der Waals surface area contributed by atoms with Crippen LogP contribution in [0.1, 0.15) is 64.5 Å². The van der Waals surface area contributed by atoms with E-state index in [1.165, 1.54) is 30.4 Å². The van der Waals surface area contributed by atoms with Crippen molar-refractivity contribution in [2.24, 2.45) is 5.73 Å². The van der Waals surface area contributed by atoms with Crippen LogP contribution in [0, 0.1) is 0 Å². The third kappa shape index (κ3) is 11.1. The number of benzene rings is 1. The van der Waals surface area contributed by atoms with Crippen molar-refractivity contribution in [3.8, 4) is 0 Å². The van der Waals surface area contributed by atoms with Gasteiger partial charge in [-0.25, -0.2) is 0 Å². The smallest absolute Gasteiger partial charge is 0.211 e. The highest BCUT2D eigenvalue weighted by atomic mass is 32.2. The van der Waals surface area contributed by atoms with Crippen LogP contribution in [-0.2, 0) is 20.9 Å². The number of nitrogens with zero attached hydrogens (tertiary/aromatic N) is 1. The van der Waals surface area contributed by atoms with E-state index >= 15 is 0 Å². The number of methoxy groups -OCH3 is 1. The molecule has 1 aromatic carbocycles. The molecule has 0 fully saturated rings. The van der Waals surface area contributed by atoms with Crippen molar-refractivity contribution in [3.63, 3.8) is 0 Å². The Hall–Kier alpha value is -2.21. The second kappa shape index (κ2) is 17.6. The molecule has 30 heavy (non-hydrogen) atoms. The van der Waals surface area contributed by atoms with Gasteiger partial charge in [0.1, 0.15) is 0 Å². The van der Waals surface area contributed by atoms with Crippen LogP contribution in [0.15, 0.2) is 41.7 Å². The summed E-state index contributed by atoms with van der Waals surface area (Å²) in [5.74, 6) is 0.977. The zero-order valence-corrected chi connectivity index (χ0v) is 19.9. The molecule has 0 aliphatic carbocycles. The number of allylic oxidation sites excluding steroid dienone is 1. The van der Waals surface area contributed by atoms with Gasteiger partial charge in [0.25, 0.3) is 0 Å². The molecule has 0 aromatic heterocycles. The van der Waals surface area contributed by atoms with Crippen molar-refractivity contribution >= 4 is 30.7 Å². The topological polar surface area (TPSA) is 72.6 Å². The van der Waals surface area contributed by atoms with E-state index < -0.39 is 0 Å². The molecule has 1 aromatic rings. The lowest BCUT2D eigenvalue weighted by atomic mass is 10.0. The first kappa shape index (κ1) is 27.8. The SMILES string of the molecule is CCCCC/C(C)=C(\C)C(SCC)N(C=O)Cc1cccc(/C=C\OC)c1.NC=O. The summed E-state index contributed by atoms with van der Waals surface area (Å²) in [5, 5.41) is 0.0901. The number of carbonyl (C=O) groups excluding carboxylic acids is 2. The predicted molar refractivity (Wildman–Crippen MR) is 129 cm³/mol. The Morgan fingerprint density at radius 2 is 1.93 bits per heavy atom. The van der Waals surface area contributed by atoms with Gasteiger partial charge in [0.2, 0.25) is 12.8 Å². The Bertz CT molecular complexity index is 674. The Morgan fingerprint density at radius 3 is 2.50 bits per heavy atom. The van der Waals surface area contributed by atoms with E-state index in [4.69, 9.17) is 9.53 Å². The summed E-state index contributed by atoms with van der Waals surface area (Å²) in [7, 11) is 1.64. The van der Waals surface area contributed by atoms with Gasteiger partial charge in [-0.1, -0.05) is 50.5 Å². The van der Waals surface area contributed by atoms with Crippen LogP contribution in [0.25, 0.3) is 6.08 Å². The highest BCUT2D eigenvalue weighted by Gasteiger charge is 2.20. The van der Waals surface area contributed by atoms with Crippen molar-refractivity contribution in [3.05, 3.63) is 52.8 Å². The fourth-order valence-electron chi connectivity index (χ4n) is 3.00. The molecule has 0 saturated heterocycles. The average Bonchev–Trinajstić information content (AvgIpc) is 2.75. The van der Waals surface area contributed by atoms with Crippen LogP contribution in [0.2, 0.25) is 0 Å². The average molecular weight is 435 g/mol. The zero-order chi connectivity index (χ0) is 22.8. The molecule has 2 amide bonds. The van der Waals surface area contributed by atoms with Gasteiger partial charge in [-0.3, -0.25) is 9.59 Å². The van der Waals surface area contributed by atoms with Crippen LogP contribution >= 0.6 is 11.8 Å². The number of nitrogens with two attached hydrogens (primary N) is 1. The maximum absolute atomic E-state index is 11.9. The van der Waals surface area contributed by atoms with Crippen LogP contribution in [0.3, 0.4) is 0 Å². The maximum Gasteiger partial charge on any atom is 0.211 e. The number of amides is 2. The highest BCUT2D eigenvalue weighted by Crippen LogP contribution is 2.28. The van der Waals surface area contributed by atoms with Crippen molar-refractivity contribution in [2.45, 2.75) is 65.3 Å². The number of rotatable bonds is 13. The van der Waals surface area contributed by atoms with Crippen LogP contribution in [-0.4, -0.2) is 36.0 Å². The van der Waals surface area contributed by atoms with E-state index in [9.17, 15) is 4.79 Å². The summed E-state index contributed by atoms with van der Waals surface area (Å²) in [6, 6.07) is 8.23. The minimum absolute atomic E-state index is 0.0901. The molecule has 0 radical (unpaired) electrons. The lowest BCUT2D eigenvalue weighted by Gasteiger charge is -2.30. The fourth-order valence-corrected chi connectivity index (χ4v) is 4.09. The molecule has 0 aliphatic rings. The minimum atomic E-state index is 0.0901. The molecule has 1 atom stereocenters. The Morgan fingerprint density at radius 1 is 1.23 bits per heavy atom. The number of thioether (sulfide) groups is 1. The second-order valence-electron chi connectivity index (χ2n) is 6.93. The van der Waals surface area contributed by atoms with E-state index in [0.29, 0.717) is 6.54 Å².